The predicted octanol–water partition coefficient (Wildman–Crippen LogP) is 1.81. The molecule has 0 N–H and O–H groups in total. The largest absolute Gasteiger partial charge is 0.482 e. The fourth-order valence-electron chi connectivity index (χ4n) is 2.05. The van der Waals surface area contributed by atoms with Crippen LogP contribution in [0.4, 0.5) is 5.69 Å². The van der Waals surface area contributed by atoms with Gasteiger partial charge in [0, 0.05) is 18.8 Å². The SMILES string of the molecule is Cc1nccc(-c2ccc3c(c2)N(C)C(=O)CO3)n1. The van der Waals surface area contributed by atoms with Crippen molar-refractivity contribution in [2.24, 2.45) is 0 Å². The number of carbonyl (C=O) groups is 1. The zero-order valence-electron chi connectivity index (χ0n) is 10.8. The highest BCUT2D eigenvalue weighted by atomic mass is 16.5. The van der Waals surface area contributed by atoms with Crippen molar-refractivity contribution in [3.63, 3.8) is 0 Å². The Balaban J connectivity index is 2.08. The van der Waals surface area contributed by atoms with Crippen LogP contribution < -0.4 is 9.64 Å². The number of likely N-dealkylation sites (N-methyl/N-ethyl adjacent to an activating group) is 1. The minimum absolute atomic E-state index is 0.0523. The van der Waals surface area contributed by atoms with Crippen LogP contribution >= 0.6 is 0 Å². The molecule has 0 atom stereocenters. The number of fused-ring (bicyclic) bond motifs is 1. The molecule has 0 fully saturated rings. The Morgan fingerprint density at radius 1 is 1.32 bits per heavy atom. The minimum Gasteiger partial charge on any atom is -0.482 e. The number of amides is 1. The zero-order valence-corrected chi connectivity index (χ0v) is 10.8. The highest BCUT2D eigenvalue weighted by molar-refractivity contribution is 5.98. The Morgan fingerprint density at radius 2 is 2.16 bits per heavy atom. The summed E-state index contributed by atoms with van der Waals surface area (Å²) in [5.41, 5.74) is 2.54. The van der Waals surface area contributed by atoms with E-state index in [4.69, 9.17) is 4.74 Å². The standard InChI is InChI=1S/C14H13N3O2/c1-9-15-6-5-11(16-9)10-3-4-13-12(7-10)17(2)14(18)8-19-13/h3-7H,8H2,1-2H3. The molecule has 2 heterocycles. The van der Waals surface area contributed by atoms with Crippen LogP contribution in [0.5, 0.6) is 5.75 Å². The molecule has 0 aliphatic carbocycles. The number of benzene rings is 1. The Kier molecular flexibility index (Phi) is 2.67. The second kappa shape index (κ2) is 4.35. The number of aryl methyl sites for hydroxylation is 1. The number of aromatic nitrogens is 2. The van der Waals surface area contributed by atoms with Crippen molar-refractivity contribution in [3.05, 3.63) is 36.3 Å². The lowest BCUT2D eigenvalue weighted by Crippen LogP contribution is -2.35. The molecule has 0 saturated carbocycles. The molecule has 0 radical (unpaired) electrons. The van der Waals surface area contributed by atoms with Gasteiger partial charge in [0.2, 0.25) is 0 Å². The van der Waals surface area contributed by atoms with Gasteiger partial charge in [-0.25, -0.2) is 9.97 Å². The van der Waals surface area contributed by atoms with Crippen molar-refractivity contribution in [2.45, 2.75) is 6.92 Å². The fourth-order valence-corrected chi connectivity index (χ4v) is 2.05. The first-order valence-corrected chi connectivity index (χ1v) is 5.98. The van der Waals surface area contributed by atoms with Crippen LogP contribution in [0.2, 0.25) is 0 Å². The number of nitrogens with zero attached hydrogens (tertiary/aromatic N) is 3. The van der Waals surface area contributed by atoms with E-state index in [9.17, 15) is 4.79 Å². The van der Waals surface area contributed by atoms with Gasteiger partial charge in [-0.05, 0) is 31.2 Å². The van der Waals surface area contributed by atoms with Gasteiger partial charge in [0.15, 0.2) is 6.61 Å². The summed E-state index contributed by atoms with van der Waals surface area (Å²) in [5, 5.41) is 0. The van der Waals surface area contributed by atoms with Crippen molar-refractivity contribution in [1.29, 1.82) is 0 Å². The van der Waals surface area contributed by atoms with E-state index in [2.05, 4.69) is 9.97 Å². The summed E-state index contributed by atoms with van der Waals surface area (Å²) in [6.07, 6.45) is 1.72. The van der Waals surface area contributed by atoms with E-state index in [1.54, 1.807) is 18.1 Å². The van der Waals surface area contributed by atoms with Crippen molar-refractivity contribution >= 4 is 11.6 Å². The zero-order chi connectivity index (χ0) is 13.4. The van der Waals surface area contributed by atoms with Crippen molar-refractivity contribution in [1.82, 2.24) is 9.97 Å². The molecule has 0 spiro atoms. The number of rotatable bonds is 1. The molecule has 96 valence electrons. The Morgan fingerprint density at radius 3 is 2.95 bits per heavy atom. The van der Waals surface area contributed by atoms with Gasteiger partial charge in [-0.15, -0.1) is 0 Å². The number of ether oxygens (including phenoxy) is 1. The Hall–Kier alpha value is -2.43. The third-order valence-corrected chi connectivity index (χ3v) is 3.12. The lowest BCUT2D eigenvalue weighted by molar-refractivity contribution is -0.120. The van der Waals surface area contributed by atoms with Gasteiger partial charge >= 0.3 is 0 Å². The van der Waals surface area contributed by atoms with Crippen LogP contribution in [0.1, 0.15) is 5.82 Å². The van der Waals surface area contributed by atoms with Crippen LogP contribution in [-0.4, -0.2) is 29.5 Å². The summed E-state index contributed by atoms with van der Waals surface area (Å²) in [6.45, 7) is 1.94. The molecule has 2 aromatic rings. The Labute approximate surface area is 110 Å². The molecule has 0 bridgehead atoms. The predicted molar refractivity (Wildman–Crippen MR) is 71.1 cm³/mol. The van der Waals surface area contributed by atoms with Gasteiger partial charge in [-0.1, -0.05) is 0 Å². The van der Waals surface area contributed by atoms with Crippen LogP contribution in [0.3, 0.4) is 0 Å². The average molecular weight is 255 g/mol. The molecule has 19 heavy (non-hydrogen) atoms. The molecule has 1 amide bonds. The average Bonchev–Trinajstić information content (AvgIpc) is 2.43. The maximum atomic E-state index is 11.6. The molecule has 1 aromatic carbocycles. The van der Waals surface area contributed by atoms with Gasteiger partial charge in [0.05, 0.1) is 11.4 Å². The molecule has 1 aliphatic heterocycles. The van der Waals surface area contributed by atoms with E-state index in [1.807, 2.05) is 31.2 Å². The summed E-state index contributed by atoms with van der Waals surface area (Å²) < 4.78 is 5.40. The lowest BCUT2D eigenvalue weighted by Gasteiger charge is -2.26. The van der Waals surface area contributed by atoms with E-state index in [0.717, 1.165) is 28.5 Å². The van der Waals surface area contributed by atoms with Gasteiger partial charge < -0.3 is 9.64 Å². The normalized spacial score (nSPS) is 14.0. The van der Waals surface area contributed by atoms with E-state index in [0.29, 0.717) is 0 Å². The van der Waals surface area contributed by atoms with E-state index >= 15 is 0 Å². The molecular formula is C14H13N3O2. The van der Waals surface area contributed by atoms with Gasteiger partial charge in [0.25, 0.3) is 5.91 Å². The van der Waals surface area contributed by atoms with Crippen LogP contribution in [0.25, 0.3) is 11.3 Å². The van der Waals surface area contributed by atoms with Crippen LogP contribution in [-0.2, 0) is 4.79 Å². The summed E-state index contributed by atoms with van der Waals surface area (Å²) in [5.74, 6) is 1.39. The molecule has 1 aliphatic rings. The number of hydrogen-bond donors (Lipinski definition) is 0. The third-order valence-electron chi connectivity index (χ3n) is 3.12. The highest BCUT2D eigenvalue weighted by Crippen LogP contribution is 2.34. The fraction of sp³-hybridized carbons (Fsp3) is 0.214. The molecule has 3 rings (SSSR count). The first-order chi connectivity index (χ1) is 9.15. The maximum absolute atomic E-state index is 11.6. The smallest absolute Gasteiger partial charge is 0.264 e. The first kappa shape index (κ1) is 11.6. The summed E-state index contributed by atoms with van der Waals surface area (Å²) >= 11 is 0. The molecule has 1 aromatic heterocycles. The van der Waals surface area contributed by atoms with Gasteiger partial charge in [-0.3, -0.25) is 4.79 Å². The molecule has 5 heteroatoms. The topological polar surface area (TPSA) is 55.3 Å². The van der Waals surface area contributed by atoms with Crippen LogP contribution in [0, 0.1) is 6.92 Å². The van der Waals surface area contributed by atoms with E-state index < -0.39 is 0 Å². The molecule has 0 unspecified atom stereocenters. The quantitative estimate of drug-likeness (QED) is 0.779. The second-order valence-corrected chi connectivity index (χ2v) is 4.41. The van der Waals surface area contributed by atoms with Gasteiger partial charge in [0.1, 0.15) is 11.6 Å². The van der Waals surface area contributed by atoms with Crippen molar-refractivity contribution in [2.75, 3.05) is 18.6 Å². The van der Waals surface area contributed by atoms with E-state index in [1.165, 1.54) is 0 Å². The Bertz CT molecular complexity index is 655. The molecule has 0 saturated heterocycles. The first-order valence-electron chi connectivity index (χ1n) is 5.98. The molecule has 5 nitrogen and oxygen atoms in total. The van der Waals surface area contributed by atoms with Crippen molar-refractivity contribution in [3.8, 4) is 17.0 Å². The number of carbonyl (C=O) groups excluding carboxylic acids is 1. The summed E-state index contributed by atoms with van der Waals surface area (Å²) in [6, 6.07) is 7.56. The van der Waals surface area contributed by atoms with Crippen LogP contribution in [0.15, 0.2) is 30.5 Å². The van der Waals surface area contributed by atoms with Gasteiger partial charge in [-0.2, -0.15) is 0 Å². The van der Waals surface area contributed by atoms with E-state index in [-0.39, 0.29) is 12.5 Å². The lowest BCUT2D eigenvalue weighted by atomic mass is 10.1. The highest BCUT2D eigenvalue weighted by Gasteiger charge is 2.22. The summed E-state index contributed by atoms with van der Waals surface area (Å²) in [7, 11) is 1.75. The number of anilines is 1. The second-order valence-electron chi connectivity index (χ2n) is 4.41. The summed E-state index contributed by atoms with van der Waals surface area (Å²) in [4.78, 5) is 21.7. The number of hydrogen-bond acceptors (Lipinski definition) is 4. The van der Waals surface area contributed by atoms with Crippen molar-refractivity contribution < 1.29 is 9.53 Å². The maximum Gasteiger partial charge on any atom is 0.264 e. The monoisotopic (exact) mass is 255 g/mol. The third kappa shape index (κ3) is 2.03. The minimum atomic E-state index is -0.0523. The molecular weight excluding hydrogens is 242 g/mol.